The summed E-state index contributed by atoms with van der Waals surface area (Å²) < 4.78 is 3.57. The van der Waals surface area contributed by atoms with Crippen molar-refractivity contribution in [2.24, 2.45) is 0 Å². The predicted octanol–water partition coefficient (Wildman–Crippen LogP) is 16.3. The fourth-order valence-electron chi connectivity index (χ4n) is 10.8. The smallest absolute Gasteiger partial charge is 0.160 e. The van der Waals surface area contributed by atoms with Crippen LogP contribution in [0.4, 0.5) is 0 Å². The first-order valence-electron chi connectivity index (χ1n) is 21.6. The summed E-state index contributed by atoms with van der Waals surface area (Å²) in [5.41, 5.74) is 13.3. The van der Waals surface area contributed by atoms with E-state index in [2.05, 4.69) is 216 Å². The molecule has 10 aromatic carbocycles. The third-order valence-electron chi connectivity index (χ3n) is 13.6. The van der Waals surface area contributed by atoms with Crippen LogP contribution >= 0.6 is 15.9 Å². The highest BCUT2D eigenvalue weighted by molar-refractivity contribution is 9.10. The number of fused-ring (bicyclic) bond motifs is 16. The topological polar surface area (TPSA) is 30.7 Å². The van der Waals surface area contributed by atoms with Gasteiger partial charge in [-0.15, -0.1) is 0 Å². The molecule has 0 atom stereocenters. The van der Waals surface area contributed by atoms with E-state index in [1.807, 2.05) is 12.1 Å². The zero-order chi connectivity index (χ0) is 42.0. The molecule has 2 aromatic heterocycles. The van der Waals surface area contributed by atoms with E-state index >= 15 is 0 Å². The minimum absolute atomic E-state index is 0.341. The molecule has 13 rings (SSSR count). The number of rotatable bonds is 4. The van der Waals surface area contributed by atoms with E-state index in [1.54, 1.807) is 0 Å². The normalized spacial score (nSPS) is 13.1. The van der Waals surface area contributed by atoms with Crippen LogP contribution in [-0.4, -0.2) is 14.5 Å². The van der Waals surface area contributed by atoms with Crippen LogP contribution in [0.2, 0.25) is 0 Å². The standard InChI is InChI=1S/C59H38BrN3/c1-59(2)50-33-47-43-25-12-10-23-41(43)40-22-9-11-24-42(40)46(47)32-48(50)54-44-26-13-14-27-45(44)55-49-31-38(60)28-29-53(49)63(57(55)56(54)59)39-21-15-20-37(30-39)58-61-51(35-16-5-3-6-17-35)34-52(62-58)36-18-7-4-8-19-36/h3-34H,1-2H3. The second-order valence-electron chi connectivity index (χ2n) is 17.4. The Morgan fingerprint density at radius 2 is 0.984 bits per heavy atom. The molecule has 1 aliphatic rings. The fourth-order valence-corrected chi connectivity index (χ4v) is 11.1. The van der Waals surface area contributed by atoms with Gasteiger partial charge in [-0.05, 0) is 114 Å². The van der Waals surface area contributed by atoms with Gasteiger partial charge in [0.25, 0.3) is 0 Å². The number of nitrogens with zero attached hydrogens (tertiary/aromatic N) is 3. The van der Waals surface area contributed by atoms with Crippen LogP contribution in [-0.2, 0) is 5.41 Å². The Bertz CT molecular complexity index is 3830. The van der Waals surface area contributed by atoms with Crippen LogP contribution in [0.25, 0.3) is 116 Å². The molecular formula is C59H38BrN3. The van der Waals surface area contributed by atoms with Crippen molar-refractivity contribution in [2.45, 2.75) is 19.3 Å². The maximum Gasteiger partial charge on any atom is 0.160 e. The predicted molar refractivity (Wildman–Crippen MR) is 268 cm³/mol. The molecule has 0 unspecified atom stereocenters. The van der Waals surface area contributed by atoms with Gasteiger partial charge in [-0.25, -0.2) is 9.97 Å². The van der Waals surface area contributed by atoms with Gasteiger partial charge in [0.15, 0.2) is 5.82 Å². The van der Waals surface area contributed by atoms with Gasteiger partial charge in [-0.2, -0.15) is 0 Å². The molecule has 0 amide bonds. The van der Waals surface area contributed by atoms with Gasteiger partial charge in [-0.1, -0.05) is 175 Å². The summed E-state index contributed by atoms with van der Waals surface area (Å²) >= 11 is 3.89. The summed E-state index contributed by atoms with van der Waals surface area (Å²) in [6.07, 6.45) is 0. The SMILES string of the molecule is CC1(C)c2cc3c4ccccc4c4ccccc4c3cc2-c2c1c1c(c3ccccc23)c2cc(Br)ccc2n1-c1cccc(-c2nc(-c3ccccc3)cc(-c3ccccc3)n2)c1. The molecule has 0 saturated heterocycles. The van der Waals surface area contributed by atoms with Crippen LogP contribution in [0.5, 0.6) is 0 Å². The molecule has 3 nitrogen and oxygen atoms in total. The lowest BCUT2D eigenvalue weighted by molar-refractivity contribution is 0.665. The van der Waals surface area contributed by atoms with Crippen LogP contribution in [0, 0.1) is 0 Å². The van der Waals surface area contributed by atoms with Crippen LogP contribution < -0.4 is 0 Å². The quantitative estimate of drug-likeness (QED) is 0.165. The zero-order valence-electron chi connectivity index (χ0n) is 34.7. The highest BCUT2D eigenvalue weighted by Gasteiger charge is 2.41. The van der Waals surface area contributed by atoms with Crippen molar-refractivity contribution in [2.75, 3.05) is 0 Å². The van der Waals surface area contributed by atoms with E-state index in [0.29, 0.717) is 5.82 Å². The number of hydrogen-bond acceptors (Lipinski definition) is 2. The third kappa shape index (κ3) is 5.31. The van der Waals surface area contributed by atoms with Crippen LogP contribution in [0.15, 0.2) is 199 Å². The van der Waals surface area contributed by atoms with E-state index in [9.17, 15) is 0 Å². The zero-order valence-corrected chi connectivity index (χ0v) is 36.3. The minimum Gasteiger partial charge on any atom is -0.309 e. The third-order valence-corrected chi connectivity index (χ3v) is 14.1. The van der Waals surface area contributed by atoms with E-state index in [0.717, 1.165) is 43.8 Å². The molecule has 0 aliphatic heterocycles. The average molecular weight is 869 g/mol. The van der Waals surface area contributed by atoms with Gasteiger partial charge >= 0.3 is 0 Å². The van der Waals surface area contributed by atoms with Crippen LogP contribution in [0.1, 0.15) is 25.0 Å². The maximum atomic E-state index is 5.25. The average Bonchev–Trinajstić information content (AvgIpc) is 3.79. The highest BCUT2D eigenvalue weighted by atomic mass is 79.9. The second-order valence-corrected chi connectivity index (χ2v) is 18.3. The summed E-state index contributed by atoms with van der Waals surface area (Å²) in [4.78, 5) is 10.5. The number of hydrogen-bond donors (Lipinski definition) is 0. The van der Waals surface area contributed by atoms with Gasteiger partial charge in [0.05, 0.1) is 22.4 Å². The van der Waals surface area contributed by atoms with Gasteiger partial charge < -0.3 is 4.57 Å². The Kier molecular flexibility index (Phi) is 7.80. The Morgan fingerprint density at radius 3 is 1.62 bits per heavy atom. The minimum atomic E-state index is -0.341. The highest BCUT2D eigenvalue weighted by Crippen LogP contribution is 2.58. The van der Waals surface area contributed by atoms with Gasteiger partial charge in [0, 0.05) is 43.0 Å². The maximum absolute atomic E-state index is 5.25. The van der Waals surface area contributed by atoms with E-state index < -0.39 is 0 Å². The summed E-state index contributed by atoms with van der Waals surface area (Å²) in [6, 6.07) is 70.4. The van der Waals surface area contributed by atoms with Gasteiger partial charge in [0.1, 0.15) is 0 Å². The van der Waals surface area contributed by atoms with Crippen molar-refractivity contribution < 1.29 is 0 Å². The van der Waals surface area contributed by atoms with Gasteiger partial charge in [0.2, 0.25) is 0 Å². The summed E-state index contributed by atoms with van der Waals surface area (Å²) in [5, 5.41) is 12.8. The first-order valence-corrected chi connectivity index (χ1v) is 22.4. The lowest BCUT2D eigenvalue weighted by Gasteiger charge is -2.25. The lowest BCUT2D eigenvalue weighted by Crippen LogP contribution is -2.17. The lowest BCUT2D eigenvalue weighted by atomic mass is 9.79. The van der Waals surface area contributed by atoms with E-state index in [-0.39, 0.29) is 5.41 Å². The Balaban J connectivity index is 1.12. The molecule has 63 heavy (non-hydrogen) atoms. The molecule has 0 saturated carbocycles. The van der Waals surface area contributed by atoms with Crippen molar-refractivity contribution in [1.82, 2.24) is 14.5 Å². The van der Waals surface area contributed by atoms with E-state index in [1.165, 1.54) is 81.6 Å². The van der Waals surface area contributed by atoms with Crippen LogP contribution in [0.3, 0.4) is 0 Å². The fraction of sp³-hybridized carbons (Fsp3) is 0.0508. The monoisotopic (exact) mass is 867 g/mol. The second kappa shape index (κ2) is 13.5. The molecule has 0 fully saturated rings. The van der Waals surface area contributed by atoms with Gasteiger partial charge in [-0.3, -0.25) is 0 Å². The van der Waals surface area contributed by atoms with Crippen molar-refractivity contribution in [3.05, 3.63) is 210 Å². The van der Waals surface area contributed by atoms with E-state index in [4.69, 9.17) is 9.97 Å². The van der Waals surface area contributed by atoms with Crippen molar-refractivity contribution in [3.8, 4) is 50.7 Å². The number of benzene rings is 10. The van der Waals surface area contributed by atoms with Crippen molar-refractivity contribution in [3.63, 3.8) is 0 Å². The summed E-state index contributed by atoms with van der Waals surface area (Å²) in [6.45, 7) is 4.87. The molecule has 296 valence electrons. The largest absolute Gasteiger partial charge is 0.309 e. The van der Waals surface area contributed by atoms with Crippen molar-refractivity contribution >= 4 is 80.8 Å². The molecule has 0 N–H and O–H groups in total. The Morgan fingerprint density at radius 1 is 0.444 bits per heavy atom. The first kappa shape index (κ1) is 36.3. The molecule has 0 radical (unpaired) electrons. The molecule has 0 bridgehead atoms. The molecule has 2 heterocycles. The van der Waals surface area contributed by atoms with Crippen molar-refractivity contribution in [1.29, 1.82) is 0 Å². The number of aromatic nitrogens is 3. The molecule has 4 heteroatoms. The molecule has 0 spiro atoms. The molecule has 1 aliphatic carbocycles. The summed E-state index contributed by atoms with van der Waals surface area (Å²) in [5.74, 6) is 0.690. The number of halogens is 1. The summed E-state index contributed by atoms with van der Waals surface area (Å²) in [7, 11) is 0. The molecular weight excluding hydrogens is 831 g/mol. The Hall–Kier alpha value is -7.40. The molecule has 12 aromatic rings. The Labute approximate surface area is 373 Å². The first-order chi connectivity index (χ1) is 30.9.